The zero-order valence-corrected chi connectivity index (χ0v) is 16.4. The lowest BCUT2D eigenvalue weighted by atomic mass is 9.97. The lowest BCUT2D eigenvalue weighted by Gasteiger charge is -2.12. The second-order valence-electron chi connectivity index (χ2n) is 5.84. The van der Waals surface area contributed by atoms with E-state index in [1.807, 2.05) is 26.8 Å². The lowest BCUT2D eigenvalue weighted by Crippen LogP contribution is -1.95. The molecule has 2 nitrogen and oxygen atoms in total. The fourth-order valence-corrected chi connectivity index (χ4v) is 2.86. The molecule has 0 spiro atoms. The maximum atomic E-state index is 10.3. The van der Waals surface area contributed by atoms with Crippen LogP contribution < -0.4 is 0 Å². The first-order valence-corrected chi connectivity index (χ1v) is 8.81. The molecule has 3 heteroatoms. The van der Waals surface area contributed by atoms with Crippen LogP contribution in [0.4, 0.5) is 0 Å². The minimum Gasteiger partial charge on any atom is -0.508 e. The molecule has 0 heterocycles. The summed E-state index contributed by atoms with van der Waals surface area (Å²) in [6.07, 6.45) is 2.61. The third-order valence-corrected chi connectivity index (χ3v) is 4.28. The Hall–Kier alpha value is -2.19. The molecule has 2 aromatic rings. The normalized spacial score (nSPS) is 10.9. The average Bonchev–Trinajstić information content (AvgIpc) is 2.56. The molecule has 0 amide bonds. The summed E-state index contributed by atoms with van der Waals surface area (Å²) in [6, 6.07) is 9.42. The molecule has 0 atom stereocenters. The second kappa shape index (κ2) is 9.33. The van der Waals surface area contributed by atoms with Crippen LogP contribution in [0.5, 0.6) is 5.75 Å². The molecule has 25 heavy (non-hydrogen) atoms. The molecular weight excluding hydrogens is 332 g/mol. The van der Waals surface area contributed by atoms with Gasteiger partial charge in [0, 0.05) is 10.6 Å². The van der Waals surface area contributed by atoms with Crippen molar-refractivity contribution in [2.75, 3.05) is 0 Å². The Balaban J connectivity index is 0.00000151. The Labute approximate surface area is 156 Å². The van der Waals surface area contributed by atoms with E-state index in [4.69, 9.17) is 11.6 Å². The second-order valence-corrected chi connectivity index (χ2v) is 6.25. The molecule has 0 aliphatic heterocycles. The Bertz CT molecular complexity index is 769. The number of phenols is 1. The van der Waals surface area contributed by atoms with Crippen LogP contribution in [0, 0.1) is 13.8 Å². The fraction of sp³-hybridized carbons (Fsp3) is 0.273. The number of hydrogen-bond donors (Lipinski definition) is 2. The van der Waals surface area contributed by atoms with Crippen molar-refractivity contribution in [3.63, 3.8) is 0 Å². The van der Waals surface area contributed by atoms with E-state index in [9.17, 15) is 10.2 Å². The van der Waals surface area contributed by atoms with E-state index in [1.54, 1.807) is 12.1 Å². The van der Waals surface area contributed by atoms with Gasteiger partial charge in [-0.3, -0.25) is 0 Å². The predicted octanol–water partition coefficient (Wildman–Crippen LogP) is 6.86. The van der Waals surface area contributed by atoms with Gasteiger partial charge in [-0.25, -0.2) is 0 Å². The summed E-state index contributed by atoms with van der Waals surface area (Å²) in [6.45, 7) is 13.6. The van der Waals surface area contributed by atoms with Crippen LogP contribution in [0.1, 0.15) is 48.6 Å². The molecule has 0 bridgehead atoms. The van der Waals surface area contributed by atoms with E-state index in [2.05, 4.69) is 38.6 Å². The molecule has 0 aliphatic carbocycles. The topological polar surface area (TPSA) is 40.5 Å². The van der Waals surface area contributed by atoms with Crippen molar-refractivity contribution in [2.45, 2.75) is 41.0 Å². The number of aryl methyl sites for hydroxylation is 2. The first kappa shape index (κ1) is 20.9. The van der Waals surface area contributed by atoms with Crippen molar-refractivity contribution in [3.05, 3.63) is 75.3 Å². The van der Waals surface area contributed by atoms with Gasteiger partial charge in [-0.1, -0.05) is 61.9 Å². The highest BCUT2D eigenvalue weighted by Crippen LogP contribution is 2.34. The van der Waals surface area contributed by atoms with E-state index in [0.717, 1.165) is 5.57 Å². The van der Waals surface area contributed by atoms with Gasteiger partial charge in [0.15, 0.2) is 0 Å². The summed E-state index contributed by atoms with van der Waals surface area (Å²) in [4.78, 5) is 0. The summed E-state index contributed by atoms with van der Waals surface area (Å²) in [5.41, 5.74) is 5.57. The highest BCUT2D eigenvalue weighted by molar-refractivity contribution is 6.31. The first-order chi connectivity index (χ1) is 11.8. The summed E-state index contributed by atoms with van der Waals surface area (Å²) in [7, 11) is 0. The lowest BCUT2D eigenvalue weighted by molar-refractivity contribution is 0.456. The average molecular weight is 359 g/mol. The van der Waals surface area contributed by atoms with Crippen LogP contribution >= 0.6 is 11.6 Å². The van der Waals surface area contributed by atoms with Gasteiger partial charge in [0.2, 0.25) is 0 Å². The smallest absolute Gasteiger partial charge is 0.131 e. The molecule has 0 unspecified atom stereocenters. The van der Waals surface area contributed by atoms with E-state index in [1.165, 1.54) is 16.7 Å². The van der Waals surface area contributed by atoms with E-state index in [0.29, 0.717) is 22.6 Å². The van der Waals surface area contributed by atoms with Crippen LogP contribution in [-0.4, -0.2) is 10.2 Å². The summed E-state index contributed by atoms with van der Waals surface area (Å²) >= 11 is 6.22. The summed E-state index contributed by atoms with van der Waals surface area (Å²) in [5.74, 6) is -0.184. The molecule has 2 aromatic carbocycles. The van der Waals surface area contributed by atoms with Crippen molar-refractivity contribution in [1.82, 2.24) is 0 Å². The molecule has 2 rings (SSSR count). The third kappa shape index (κ3) is 5.14. The number of rotatable bonds is 4. The van der Waals surface area contributed by atoms with Crippen molar-refractivity contribution in [1.29, 1.82) is 0 Å². The molecule has 0 aliphatic rings. The molecular formula is C22H27ClO2. The number of hydrogen-bond acceptors (Lipinski definition) is 2. The molecule has 0 radical (unpaired) electrons. The van der Waals surface area contributed by atoms with Gasteiger partial charge in [-0.15, -0.1) is 0 Å². The molecule has 134 valence electrons. The van der Waals surface area contributed by atoms with Crippen LogP contribution in [0.15, 0.2) is 42.5 Å². The van der Waals surface area contributed by atoms with Crippen LogP contribution in [-0.2, 0) is 6.42 Å². The van der Waals surface area contributed by atoms with Gasteiger partial charge < -0.3 is 10.2 Å². The highest BCUT2D eigenvalue weighted by Gasteiger charge is 2.14. The number of phenolic OH excluding ortho intramolecular Hbond substituents is 1. The minimum atomic E-state index is -0.170. The zero-order valence-electron chi connectivity index (χ0n) is 15.7. The predicted molar refractivity (Wildman–Crippen MR) is 109 cm³/mol. The standard InChI is InChI=1S/C20H21ClO2.C2H6/c1-12(10-17-13(2)6-5-7-14(17)3)11-18-19(21)9-8-16(15(4)22)20(18)23;1-2/h5-10,22-23H,4,11H2,1-3H3;1-2H3/b12-10+;. The zero-order chi connectivity index (χ0) is 19.1. The van der Waals surface area contributed by atoms with E-state index in [-0.39, 0.29) is 11.5 Å². The Morgan fingerprint density at radius 1 is 1.12 bits per heavy atom. The monoisotopic (exact) mass is 358 g/mol. The number of aliphatic hydroxyl groups is 1. The molecule has 0 fully saturated rings. The largest absolute Gasteiger partial charge is 0.508 e. The number of allylic oxidation sites excluding steroid dienone is 1. The van der Waals surface area contributed by atoms with Crippen LogP contribution in [0.2, 0.25) is 5.02 Å². The van der Waals surface area contributed by atoms with Crippen molar-refractivity contribution in [2.24, 2.45) is 0 Å². The van der Waals surface area contributed by atoms with E-state index < -0.39 is 0 Å². The number of aromatic hydroxyl groups is 1. The Kier molecular flexibility index (Phi) is 7.79. The summed E-state index contributed by atoms with van der Waals surface area (Å²) in [5, 5.41) is 20.4. The molecule has 0 aromatic heterocycles. The van der Waals surface area contributed by atoms with E-state index >= 15 is 0 Å². The maximum Gasteiger partial charge on any atom is 0.131 e. The van der Waals surface area contributed by atoms with Gasteiger partial charge in [-0.2, -0.15) is 0 Å². The molecule has 0 saturated carbocycles. The first-order valence-electron chi connectivity index (χ1n) is 8.43. The summed E-state index contributed by atoms with van der Waals surface area (Å²) < 4.78 is 0. The SMILES string of the molecule is C=C(O)c1ccc(Cl)c(C/C(C)=C/c2c(C)cccc2C)c1O.CC. The number of benzene rings is 2. The fourth-order valence-electron chi connectivity index (χ4n) is 2.64. The quantitative estimate of drug-likeness (QED) is 0.586. The van der Waals surface area contributed by atoms with Gasteiger partial charge in [0.05, 0.1) is 5.56 Å². The van der Waals surface area contributed by atoms with Gasteiger partial charge in [0.1, 0.15) is 11.5 Å². The van der Waals surface area contributed by atoms with Crippen LogP contribution in [0.3, 0.4) is 0 Å². The Morgan fingerprint density at radius 3 is 2.20 bits per heavy atom. The van der Waals surface area contributed by atoms with Gasteiger partial charge in [-0.05, 0) is 56.0 Å². The third-order valence-electron chi connectivity index (χ3n) is 3.92. The number of aliphatic hydroxyl groups excluding tert-OH is 1. The van der Waals surface area contributed by atoms with Crippen molar-refractivity contribution < 1.29 is 10.2 Å². The highest BCUT2D eigenvalue weighted by atomic mass is 35.5. The minimum absolute atomic E-state index is 0.0146. The van der Waals surface area contributed by atoms with Crippen molar-refractivity contribution >= 4 is 23.4 Å². The molecule has 0 saturated heterocycles. The van der Waals surface area contributed by atoms with Crippen molar-refractivity contribution in [3.8, 4) is 5.75 Å². The maximum absolute atomic E-state index is 10.3. The molecule has 2 N–H and O–H groups in total. The van der Waals surface area contributed by atoms with Gasteiger partial charge >= 0.3 is 0 Å². The number of halogens is 1. The Morgan fingerprint density at radius 2 is 1.68 bits per heavy atom. The van der Waals surface area contributed by atoms with Gasteiger partial charge in [0.25, 0.3) is 0 Å². The van der Waals surface area contributed by atoms with Crippen LogP contribution in [0.25, 0.3) is 11.8 Å².